The fourth-order valence-corrected chi connectivity index (χ4v) is 4.17. The molecule has 1 saturated heterocycles. The third kappa shape index (κ3) is 3.72. The average molecular weight is 314 g/mol. The van der Waals surface area contributed by atoms with E-state index in [0.29, 0.717) is 24.9 Å². The second-order valence-corrected chi connectivity index (χ2v) is 7.40. The van der Waals surface area contributed by atoms with Crippen molar-refractivity contribution in [2.45, 2.75) is 31.9 Å². The molecule has 118 valence electrons. The number of sulfone groups is 1. The molecule has 3 N–H and O–H groups in total. The first-order valence-corrected chi connectivity index (χ1v) is 8.89. The van der Waals surface area contributed by atoms with Crippen LogP contribution in [0.3, 0.4) is 0 Å². The zero-order chi connectivity index (χ0) is 15.5. The Labute approximate surface area is 125 Å². The van der Waals surface area contributed by atoms with Gasteiger partial charge in [-0.3, -0.25) is 0 Å². The summed E-state index contributed by atoms with van der Waals surface area (Å²) in [4.78, 5) is 14.4. The Morgan fingerprint density at radius 3 is 2.57 bits per heavy atom. The van der Waals surface area contributed by atoms with Gasteiger partial charge >= 0.3 is 0 Å². The fraction of sp³-hybridized carbons (Fsp3) is 0.750. The molecular formula is C12H22N6O2S. The number of aromatic nitrogens is 3. The second-order valence-electron chi connectivity index (χ2n) is 5.00. The molecule has 0 bridgehead atoms. The summed E-state index contributed by atoms with van der Waals surface area (Å²) in [5, 5.41) is 2.61. The first-order chi connectivity index (χ1) is 9.96. The molecule has 0 radical (unpaired) electrons. The van der Waals surface area contributed by atoms with E-state index in [0.717, 1.165) is 19.5 Å². The Bertz CT molecular complexity index is 587. The van der Waals surface area contributed by atoms with Crippen LogP contribution in [0.1, 0.15) is 26.7 Å². The minimum Gasteiger partial charge on any atom is -0.368 e. The lowest BCUT2D eigenvalue weighted by Crippen LogP contribution is -2.28. The van der Waals surface area contributed by atoms with E-state index >= 15 is 0 Å². The second kappa shape index (κ2) is 6.42. The standard InChI is InChI=1S/C12H22N6O2S/c1-3-18(4-2)12-16-10(13)15-11(17-12)14-8-9-6-5-7-21(9,19)20/h9H,3-8H2,1-2H3,(H3,13,14,15,16,17). The van der Waals surface area contributed by atoms with E-state index in [1.807, 2.05) is 18.7 Å². The van der Waals surface area contributed by atoms with E-state index in [1.54, 1.807) is 0 Å². The summed E-state index contributed by atoms with van der Waals surface area (Å²) in [5.41, 5.74) is 5.70. The summed E-state index contributed by atoms with van der Waals surface area (Å²) in [5.74, 6) is 1.23. The monoisotopic (exact) mass is 314 g/mol. The Morgan fingerprint density at radius 2 is 2.00 bits per heavy atom. The van der Waals surface area contributed by atoms with Crippen molar-refractivity contribution in [2.75, 3.05) is 41.3 Å². The number of anilines is 3. The summed E-state index contributed by atoms with van der Waals surface area (Å²) >= 11 is 0. The smallest absolute Gasteiger partial charge is 0.231 e. The third-order valence-corrected chi connectivity index (χ3v) is 5.91. The minimum atomic E-state index is -2.98. The molecule has 1 aromatic rings. The molecule has 1 aliphatic heterocycles. The molecule has 1 atom stereocenters. The Balaban J connectivity index is 2.10. The van der Waals surface area contributed by atoms with Gasteiger partial charge in [0.05, 0.1) is 11.0 Å². The number of hydrogen-bond donors (Lipinski definition) is 2. The predicted molar refractivity (Wildman–Crippen MR) is 83.1 cm³/mol. The molecule has 8 nitrogen and oxygen atoms in total. The topological polar surface area (TPSA) is 114 Å². The lowest BCUT2D eigenvalue weighted by molar-refractivity contribution is 0.591. The van der Waals surface area contributed by atoms with Crippen molar-refractivity contribution in [2.24, 2.45) is 0 Å². The predicted octanol–water partition coefficient (Wildman–Crippen LogP) is 0.289. The number of rotatable bonds is 6. The molecule has 1 aromatic heterocycles. The quantitative estimate of drug-likeness (QED) is 0.770. The molecule has 1 unspecified atom stereocenters. The van der Waals surface area contributed by atoms with E-state index in [9.17, 15) is 8.42 Å². The first-order valence-electron chi connectivity index (χ1n) is 7.18. The molecule has 1 aliphatic rings. The van der Waals surface area contributed by atoms with E-state index in [-0.39, 0.29) is 17.0 Å². The molecule has 2 rings (SSSR count). The fourth-order valence-electron chi connectivity index (χ4n) is 2.40. The molecule has 9 heteroatoms. The highest BCUT2D eigenvalue weighted by molar-refractivity contribution is 7.92. The van der Waals surface area contributed by atoms with E-state index in [2.05, 4.69) is 20.3 Å². The van der Waals surface area contributed by atoms with Crippen LogP contribution < -0.4 is 16.0 Å². The summed E-state index contributed by atoms with van der Waals surface area (Å²) in [6, 6.07) is 0. The lowest BCUT2D eigenvalue weighted by Gasteiger charge is -2.19. The maximum atomic E-state index is 11.8. The summed E-state index contributed by atoms with van der Waals surface area (Å²) < 4.78 is 23.6. The molecule has 21 heavy (non-hydrogen) atoms. The van der Waals surface area contributed by atoms with Gasteiger partial charge in [-0.25, -0.2) is 8.42 Å². The van der Waals surface area contributed by atoms with Crippen LogP contribution in [0.4, 0.5) is 17.8 Å². The van der Waals surface area contributed by atoms with Gasteiger partial charge in [-0.1, -0.05) is 0 Å². The minimum absolute atomic E-state index is 0.128. The van der Waals surface area contributed by atoms with Crippen molar-refractivity contribution in [1.82, 2.24) is 15.0 Å². The van der Waals surface area contributed by atoms with Crippen LogP contribution in [0, 0.1) is 0 Å². The van der Waals surface area contributed by atoms with Gasteiger partial charge in [0.25, 0.3) is 0 Å². The van der Waals surface area contributed by atoms with Gasteiger partial charge in [-0.2, -0.15) is 15.0 Å². The van der Waals surface area contributed by atoms with Crippen LogP contribution in [0.2, 0.25) is 0 Å². The van der Waals surface area contributed by atoms with Crippen molar-refractivity contribution in [1.29, 1.82) is 0 Å². The van der Waals surface area contributed by atoms with Gasteiger partial charge in [-0.05, 0) is 26.7 Å². The van der Waals surface area contributed by atoms with Crippen LogP contribution >= 0.6 is 0 Å². The van der Waals surface area contributed by atoms with Gasteiger partial charge in [0.2, 0.25) is 17.8 Å². The molecule has 1 fully saturated rings. The maximum absolute atomic E-state index is 11.8. The van der Waals surface area contributed by atoms with Crippen molar-refractivity contribution in [3.8, 4) is 0 Å². The summed E-state index contributed by atoms with van der Waals surface area (Å²) in [7, 11) is -2.98. The Hall–Kier alpha value is -1.64. The maximum Gasteiger partial charge on any atom is 0.231 e. The normalized spacial score (nSPS) is 20.4. The molecule has 0 aromatic carbocycles. The van der Waals surface area contributed by atoms with Gasteiger partial charge < -0.3 is 16.0 Å². The summed E-state index contributed by atoms with van der Waals surface area (Å²) in [6.07, 6.45) is 1.40. The van der Waals surface area contributed by atoms with Gasteiger partial charge in [0.15, 0.2) is 9.84 Å². The lowest BCUT2D eigenvalue weighted by atomic mass is 10.2. The molecule has 2 heterocycles. The van der Waals surface area contributed by atoms with Gasteiger partial charge in [0, 0.05) is 19.6 Å². The molecule has 0 saturated carbocycles. The Morgan fingerprint density at radius 1 is 1.29 bits per heavy atom. The van der Waals surface area contributed by atoms with Crippen molar-refractivity contribution in [3.05, 3.63) is 0 Å². The number of nitrogens with zero attached hydrogens (tertiary/aromatic N) is 4. The molecule has 0 spiro atoms. The average Bonchev–Trinajstić information content (AvgIpc) is 2.76. The zero-order valence-corrected chi connectivity index (χ0v) is 13.2. The first kappa shape index (κ1) is 15.7. The zero-order valence-electron chi connectivity index (χ0n) is 12.4. The van der Waals surface area contributed by atoms with Crippen LogP contribution in [0.25, 0.3) is 0 Å². The van der Waals surface area contributed by atoms with E-state index in [1.165, 1.54) is 0 Å². The van der Waals surface area contributed by atoms with Gasteiger partial charge in [-0.15, -0.1) is 0 Å². The molecule has 0 aliphatic carbocycles. The third-order valence-electron chi connectivity index (χ3n) is 3.64. The highest BCUT2D eigenvalue weighted by atomic mass is 32.2. The molecule has 0 amide bonds. The number of nitrogen functional groups attached to an aromatic ring is 1. The molecular weight excluding hydrogens is 292 g/mol. The largest absolute Gasteiger partial charge is 0.368 e. The number of nitrogens with one attached hydrogen (secondary N) is 1. The van der Waals surface area contributed by atoms with Crippen LogP contribution in [0.15, 0.2) is 0 Å². The van der Waals surface area contributed by atoms with Crippen LogP contribution in [0.5, 0.6) is 0 Å². The van der Waals surface area contributed by atoms with Crippen LogP contribution in [-0.2, 0) is 9.84 Å². The highest BCUT2D eigenvalue weighted by Crippen LogP contribution is 2.20. The van der Waals surface area contributed by atoms with Crippen molar-refractivity contribution >= 4 is 27.7 Å². The SMILES string of the molecule is CCN(CC)c1nc(N)nc(NCC2CCCS2(=O)=O)n1. The van der Waals surface area contributed by atoms with Crippen LogP contribution in [-0.4, -0.2) is 54.0 Å². The summed E-state index contributed by atoms with van der Waals surface area (Å²) in [6.45, 7) is 5.83. The van der Waals surface area contributed by atoms with Crippen molar-refractivity contribution < 1.29 is 8.42 Å². The highest BCUT2D eigenvalue weighted by Gasteiger charge is 2.31. The van der Waals surface area contributed by atoms with E-state index in [4.69, 9.17) is 5.73 Å². The van der Waals surface area contributed by atoms with Gasteiger partial charge in [0.1, 0.15) is 0 Å². The Kier molecular flexibility index (Phi) is 4.81. The number of nitrogens with two attached hydrogens (primary N) is 1. The van der Waals surface area contributed by atoms with E-state index < -0.39 is 9.84 Å². The van der Waals surface area contributed by atoms with Crippen molar-refractivity contribution in [3.63, 3.8) is 0 Å². The number of hydrogen-bond acceptors (Lipinski definition) is 8.